The standard InChI is InChI=1S/C54H56N10O6/c65-51(48(41-9-3-1-4-10-41)57-53(67)61-27-31-69-32-28-61)63-25-7-13-46(63)44-35-43(59-60-44)39-21-17-37(18-22-39)15-16-38-19-23-40(24-20-38)45-36-55-50(56-45)47-14-8-26-64(47)52(66)49(42-11-5-2-6-12-42)58-54(68)62-29-33-70-34-30-62/h1-6,9-12,17-24,35-36,46-49H,7-8,13-14,25-34H2,(H,55,56)(H,57,67)(H,58,68)(H,59,60). The molecule has 10 rings (SSSR count). The molecule has 6 heterocycles. The van der Waals surface area contributed by atoms with Gasteiger partial charge in [-0.3, -0.25) is 14.7 Å². The molecule has 0 spiro atoms. The van der Waals surface area contributed by atoms with E-state index in [1.54, 1.807) is 16.0 Å². The zero-order valence-corrected chi connectivity index (χ0v) is 38.9. The maximum absolute atomic E-state index is 14.3. The largest absolute Gasteiger partial charge is 0.378 e. The molecule has 4 aliphatic heterocycles. The third-order valence-corrected chi connectivity index (χ3v) is 13.6. The van der Waals surface area contributed by atoms with Crippen LogP contribution < -0.4 is 10.6 Å². The van der Waals surface area contributed by atoms with Gasteiger partial charge in [-0.15, -0.1) is 0 Å². The first-order valence-electron chi connectivity index (χ1n) is 24.2. The normalized spacial score (nSPS) is 19.0. The van der Waals surface area contributed by atoms with Gasteiger partial charge in [-0.25, -0.2) is 14.6 Å². The quantitative estimate of drug-likeness (QED) is 0.109. The third kappa shape index (κ3) is 10.3. The second-order valence-corrected chi connectivity index (χ2v) is 18.0. The molecule has 4 fully saturated rings. The molecular weight excluding hydrogens is 885 g/mol. The van der Waals surface area contributed by atoms with Gasteiger partial charge in [-0.2, -0.15) is 5.10 Å². The van der Waals surface area contributed by atoms with Crippen molar-refractivity contribution in [2.75, 3.05) is 65.7 Å². The van der Waals surface area contributed by atoms with Crippen molar-refractivity contribution in [2.24, 2.45) is 0 Å². The lowest BCUT2D eigenvalue weighted by Gasteiger charge is -2.32. The van der Waals surface area contributed by atoms with Gasteiger partial charge in [0.2, 0.25) is 11.8 Å². The predicted molar refractivity (Wildman–Crippen MR) is 262 cm³/mol. The van der Waals surface area contributed by atoms with Crippen molar-refractivity contribution in [3.8, 4) is 34.4 Å². The Morgan fingerprint density at radius 2 is 1.09 bits per heavy atom. The Hall–Kier alpha value is -7.74. The average molecular weight is 941 g/mol. The number of urea groups is 2. The number of aromatic amines is 2. The van der Waals surface area contributed by atoms with Gasteiger partial charge in [-0.05, 0) is 72.7 Å². The third-order valence-electron chi connectivity index (χ3n) is 13.6. The molecule has 2 aromatic heterocycles. The van der Waals surface area contributed by atoms with Gasteiger partial charge in [0.1, 0.15) is 17.9 Å². The van der Waals surface area contributed by atoms with Crippen LogP contribution in [0, 0.1) is 11.8 Å². The van der Waals surface area contributed by atoms with Crippen molar-refractivity contribution in [3.05, 3.63) is 155 Å². The van der Waals surface area contributed by atoms with Gasteiger partial charge in [0.15, 0.2) is 0 Å². The lowest BCUT2D eigenvalue weighted by Crippen LogP contribution is -2.50. The number of imidazole rings is 1. The van der Waals surface area contributed by atoms with E-state index in [-0.39, 0.29) is 36.0 Å². The zero-order chi connectivity index (χ0) is 47.8. The summed E-state index contributed by atoms with van der Waals surface area (Å²) in [4.78, 5) is 70.5. The van der Waals surface area contributed by atoms with Crippen LogP contribution >= 0.6 is 0 Å². The highest BCUT2D eigenvalue weighted by molar-refractivity contribution is 5.90. The first-order valence-corrected chi connectivity index (χ1v) is 24.2. The molecule has 4 atom stereocenters. The molecule has 4 aromatic carbocycles. The van der Waals surface area contributed by atoms with Crippen molar-refractivity contribution in [3.63, 3.8) is 0 Å². The molecule has 4 saturated heterocycles. The number of likely N-dealkylation sites (tertiary alicyclic amines) is 2. The second-order valence-electron chi connectivity index (χ2n) is 18.0. The highest BCUT2D eigenvalue weighted by Crippen LogP contribution is 2.36. The summed E-state index contributed by atoms with van der Waals surface area (Å²) in [6.45, 7) is 4.95. The van der Waals surface area contributed by atoms with E-state index in [4.69, 9.17) is 14.5 Å². The summed E-state index contributed by atoms with van der Waals surface area (Å²) >= 11 is 0. The van der Waals surface area contributed by atoms with E-state index in [0.717, 1.165) is 76.1 Å². The summed E-state index contributed by atoms with van der Waals surface area (Å²) in [6, 6.07) is 34.0. The number of aromatic nitrogens is 4. The summed E-state index contributed by atoms with van der Waals surface area (Å²) in [6.07, 6.45) is 5.00. The minimum Gasteiger partial charge on any atom is -0.378 e. The van der Waals surface area contributed by atoms with Gasteiger partial charge >= 0.3 is 12.1 Å². The number of carbonyl (C=O) groups is 4. The Balaban J connectivity index is 0.768. The summed E-state index contributed by atoms with van der Waals surface area (Å²) in [5, 5.41) is 13.9. The molecule has 4 aliphatic rings. The molecule has 0 radical (unpaired) electrons. The Kier molecular flexibility index (Phi) is 14.0. The maximum Gasteiger partial charge on any atom is 0.318 e. The molecule has 4 unspecified atom stereocenters. The minimum absolute atomic E-state index is 0.150. The monoisotopic (exact) mass is 940 g/mol. The van der Waals surface area contributed by atoms with E-state index in [9.17, 15) is 19.2 Å². The number of hydrogen-bond donors (Lipinski definition) is 4. The fraction of sp³-hybridized carbons (Fsp3) is 0.333. The number of H-pyrrole nitrogens is 2. The molecule has 6 amide bonds. The van der Waals surface area contributed by atoms with Crippen molar-refractivity contribution in [2.45, 2.75) is 49.9 Å². The molecule has 4 N–H and O–H groups in total. The van der Waals surface area contributed by atoms with Crippen LogP contribution in [-0.2, 0) is 19.1 Å². The number of morpholine rings is 2. The van der Waals surface area contributed by atoms with Crippen LogP contribution in [0.2, 0.25) is 0 Å². The maximum atomic E-state index is 14.3. The van der Waals surface area contributed by atoms with Crippen molar-refractivity contribution < 1.29 is 28.7 Å². The first kappa shape index (κ1) is 46.0. The number of nitrogens with one attached hydrogen (secondary N) is 4. The molecule has 0 aliphatic carbocycles. The second kappa shape index (κ2) is 21.3. The molecule has 16 nitrogen and oxygen atoms in total. The fourth-order valence-electron chi connectivity index (χ4n) is 9.74. The van der Waals surface area contributed by atoms with E-state index in [1.807, 2.05) is 125 Å². The Labute approximate surface area is 406 Å². The minimum atomic E-state index is -0.833. The van der Waals surface area contributed by atoms with Crippen molar-refractivity contribution >= 4 is 23.9 Å². The molecule has 0 saturated carbocycles. The molecule has 0 bridgehead atoms. The van der Waals surface area contributed by atoms with E-state index in [0.29, 0.717) is 71.5 Å². The highest BCUT2D eigenvalue weighted by Gasteiger charge is 2.39. The highest BCUT2D eigenvalue weighted by atomic mass is 16.5. The fourth-order valence-corrected chi connectivity index (χ4v) is 9.74. The van der Waals surface area contributed by atoms with Crippen LogP contribution in [0.5, 0.6) is 0 Å². The van der Waals surface area contributed by atoms with Crippen LogP contribution in [0.25, 0.3) is 22.5 Å². The molecular formula is C54H56N10O6. The molecule has 16 heteroatoms. The summed E-state index contributed by atoms with van der Waals surface area (Å²) in [7, 11) is 0. The van der Waals surface area contributed by atoms with Crippen LogP contribution in [0.4, 0.5) is 9.59 Å². The number of benzene rings is 4. The van der Waals surface area contributed by atoms with E-state index < -0.39 is 12.1 Å². The number of nitrogens with zero attached hydrogens (tertiary/aromatic N) is 6. The van der Waals surface area contributed by atoms with Crippen LogP contribution in [0.15, 0.2) is 121 Å². The molecule has 6 aromatic rings. The molecule has 358 valence electrons. The topological polar surface area (TPSA) is 181 Å². The van der Waals surface area contributed by atoms with Crippen molar-refractivity contribution in [1.82, 2.24) is 50.4 Å². The molecule has 70 heavy (non-hydrogen) atoms. The van der Waals surface area contributed by atoms with E-state index in [1.165, 1.54) is 0 Å². The van der Waals surface area contributed by atoms with Gasteiger partial charge in [0, 0.05) is 56.0 Å². The van der Waals surface area contributed by atoms with Gasteiger partial charge in [-0.1, -0.05) is 96.8 Å². The van der Waals surface area contributed by atoms with Crippen molar-refractivity contribution in [1.29, 1.82) is 0 Å². The number of rotatable bonds is 10. The van der Waals surface area contributed by atoms with Crippen LogP contribution in [0.1, 0.15) is 83.6 Å². The average Bonchev–Trinajstić information content (AvgIpc) is 4.28. The number of carbonyl (C=O) groups excluding carboxylic acids is 4. The number of ether oxygens (including phenoxy) is 2. The van der Waals surface area contributed by atoms with Gasteiger partial charge in [0.25, 0.3) is 0 Å². The van der Waals surface area contributed by atoms with Crippen LogP contribution in [0.3, 0.4) is 0 Å². The Morgan fingerprint density at radius 3 is 1.61 bits per heavy atom. The van der Waals surface area contributed by atoms with Gasteiger partial charge in [0.05, 0.1) is 61.8 Å². The van der Waals surface area contributed by atoms with E-state index in [2.05, 4.69) is 37.7 Å². The van der Waals surface area contributed by atoms with E-state index >= 15 is 0 Å². The smallest absolute Gasteiger partial charge is 0.318 e. The van der Waals surface area contributed by atoms with Gasteiger partial charge < -0.3 is 44.7 Å². The Morgan fingerprint density at radius 1 is 0.600 bits per heavy atom. The summed E-state index contributed by atoms with van der Waals surface area (Å²) in [5.41, 5.74) is 7.49. The first-order chi connectivity index (χ1) is 34.4. The SMILES string of the molecule is O=C(NC(C(=O)N1CCCC1c1cc(-c2ccc(C#Cc3ccc(-c4cnc(C5CCCN5C(=O)C(NC(=O)N5CCOCC5)c5ccccc5)[nH]4)cc3)cc2)n[nH]1)c1ccccc1)N1CCOCC1. The van der Waals surface area contributed by atoms with Crippen LogP contribution in [-0.4, -0.2) is 129 Å². The summed E-state index contributed by atoms with van der Waals surface area (Å²) < 4.78 is 10.9. The lowest BCUT2D eigenvalue weighted by atomic mass is 10.0. The summed E-state index contributed by atoms with van der Waals surface area (Å²) in [5.74, 6) is 6.96. The number of hydrogen-bond acceptors (Lipinski definition) is 8. The predicted octanol–water partition coefficient (Wildman–Crippen LogP) is 6.76. The lowest BCUT2D eigenvalue weighted by molar-refractivity contribution is -0.135. The Bertz CT molecular complexity index is 2640. The number of amides is 6. The zero-order valence-electron chi connectivity index (χ0n) is 38.9.